The molecule has 5 nitrogen and oxygen atoms in total. The van der Waals surface area contributed by atoms with Crippen LogP contribution < -0.4 is 5.32 Å². The van der Waals surface area contributed by atoms with Crippen molar-refractivity contribution in [1.29, 1.82) is 0 Å². The van der Waals surface area contributed by atoms with Crippen LogP contribution in [0.1, 0.15) is 45.4 Å². The molecule has 1 heterocycles. The second kappa shape index (κ2) is 7.21. The molecular formula is C22H28N4OS. The van der Waals surface area contributed by atoms with Gasteiger partial charge in [-0.15, -0.1) is 10.2 Å². The number of amides is 1. The smallest absolute Gasteiger partial charge is 0.230 e. The van der Waals surface area contributed by atoms with Gasteiger partial charge in [0.25, 0.3) is 0 Å². The van der Waals surface area contributed by atoms with Crippen LogP contribution in [-0.4, -0.2) is 32.5 Å². The summed E-state index contributed by atoms with van der Waals surface area (Å²) in [5.41, 5.74) is 1.36. The highest BCUT2D eigenvalue weighted by Gasteiger charge is 2.53. The summed E-state index contributed by atoms with van der Waals surface area (Å²) >= 11 is 1.45. The zero-order valence-electron chi connectivity index (χ0n) is 16.4. The van der Waals surface area contributed by atoms with Gasteiger partial charge in [0.1, 0.15) is 6.33 Å². The van der Waals surface area contributed by atoms with E-state index in [1.807, 2.05) is 34.9 Å². The molecular weight excluding hydrogens is 368 g/mol. The highest BCUT2D eigenvalue weighted by Crippen LogP contribution is 2.61. The van der Waals surface area contributed by atoms with Crippen molar-refractivity contribution in [2.75, 3.05) is 5.75 Å². The number of carbonyl (C=O) groups excluding carboxylic acids is 1. The first-order chi connectivity index (χ1) is 13.6. The summed E-state index contributed by atoms with van der Waals surface area (Å²) in [5, 5.41) is 12.3. The maximum absolute atomic E-state index is 12.7. The van der Waals surface area contributed by atoms with E-state index in [0.29, 0.717) is 11.2 Å². The Morgan fingerprint density at radius 1 is 1.18 bits per heavy atom. The van der Waals surface area contributed by atoms with Crippen LogP contribution >= 0.6 is 11.8 Å². The van der Waals surface area contributed by atoms with Gasteiger partial charge in [-0.3, -0.25) is 9.36 Å². The van der Waals surface area contributed by atoms with Crippen LogP contribution in [0.3, 0.4) is 0 Å². The molecule has 1 aromatic carbocycles. The Kier molecular flexibility index (Phi) is 4.69. The van der Waals surface area contributed by atoms with E-state index in [1.54, 1.807) is 6.33 Å². The molecule has 148 valence electrons. The Bertz CT molecular complexity index is 814. The van der Waals surface area contributed by atoms with Crippen LogP contribution in [0.2, 0.25) is 0 Å². The van der Waals surface area contributed by atoms with Gasteiger partial charge in [0, 0.05) is 11.7 Å². The number of nitrogens with zero attached hydrogens (tertiary/aromatic N) is 3. The quantitative estimate of drug-likeness (QED) is 0.748. The Morgan fingerprint density at radius 2 is 1.82 bits per heavy atom. The Labute approximate surface area is 170 Å². The molecule has 6 rings (SSSR count). The highest BCUT2D eigenvalue weighted by molar-refractivity contribution is 7.99. The maximum atomic E-state index is 12.7. The van der Waals surface area contributed by atoms with Crippen LogP contribution in [0.25, 0.3) is 5.69 Å². The van der Waals surface area contributed by atoms with Gasteiger partial charge in [-0.05, 0) is 80.8 Å². The second-order valence-corrected chi connectivity index (χ2v) is 10.1. The fourth-order valence-corrected chi connectivity index (χ4v) is 7.10. The van der Waals surface area contributed by atoms with Crippen molar-refractivity contribution in [3.8, 4) is 5.69 Å². The monoisotopic (exact) mass is 396 g/mol. The lowest BCUT2D eigenvalue weighted by molar-refractivity contribution is -0.123. The molecule has 4 bridgehead atoms. The molecule has 1 atom stereocenters. The largest absolute Gasteiger partial charge is 0.352 e. The van der Waals surface area contributed by atoms with Crippen molar-refractivity contribution in [2.45, 2.75) is 56.6 Å². The summed E-state index contributed by atoms with van der Waals surface area (Å²) in [6.07, 6.45) is 9.95. The standard InChI is InChI=1S/C22H28N4OS/c1-15(22-10-16-7-17(11-22)9-18(8-16)12-22)24-20(27)13-28-21-25-23-14-26(21)19-5-3-2-4-6-19/h2-6,14-18H,7-13H2,1H3,(H,24,27). The third-order valence-corrected chi connectivity index (χ3v) is 8.21. The fourth-order valence-electron chi connectivity index (χ4n) is 6.36. The second-order valence-electron chi connectivity index (χ2n) is 9.18. The van der Waals surface area contributed by atoms with E-state index in [-0.39, 0.29) is 11.9 Å². The fraction of sp³-hybridized carbons (Fsp3) is 0.591. The van der Waals surface area contributed by atoms with Crippen LogP contribution in [0.15, 0.2) is 41.8 Å². The van der Waals surface area contributed by atoms with E-state index in [4.69, 9.17) is 0 Å². The zero-order valence-corrected chi connectivity index (χ0v) is 17.2. The average Bonchev–Trinajstić information content (AvgIpc) is 3.14. The summed E-state index contributed by atoms with van der Waals surface area (Å²) in [6, 6.07) is 10.3. The molecule has 0 aliphatic heterocycles. The summed E-state index contributed by atoms with van der Waals surface area (Å²) in [4.78, 5) is 12.7. The third kappa shape index (κ3) is 3.36. The van der Waals surface area contributed by atoms with Crippen LogP contribution in [-0.2, 0) is 4.79 Å². The SMILES string of the molecule is CC(NC(=O)CSc1nncn1-c1ccccc1)C12CC3CC(CC(C3)C1)C2. The zero-order chi connectivity index (χ0) is 19.1. The molecule has 1 unspecified atom stereocenters. The Balaban J connectivity index is 1.20. The van der Waals surface area contributed by atoms with Gasteiger partial charge < -0.3 is 5.32 Å². The van der Waals surface area contributed by atoms with Crippen LogP contribution in [0.5, 0.6) is 0 Å². The first kappa shape index (κ1) is 18.2. The molecule has 4 aliphatic rings. The van der Waals surface area contributed by atoms with Crippen LogP contribution in [0, 0.1) is 23.2 Å². The maximum Gasteiger partial charge on any atom is 0.230 e. The van der Waals surface area contributed by atoms with Crippen molar-refractivity contribution < 1.29 is 4.79 Å². The van der Waals surface area contributed by atoms with Gasteiger partial charge in [-0.1, -0.05) is 30.0 Å². The van der Waals surface area contributed by atoms with E-state index < -0.39 is 0 Å². The predicted octanol–water partition coefficient (Wildman–Crippen LogP) is 4.08. The lowest BCUT2D eigenvalue weighted by Gasteiger charge is -2.59. The lowest BCUT2D eigenvalue weighted by Crippen LogP contribution is -2.56. The number of hydrogen-bond donors (Lipinski definition) is 1. The molecule has 4 fully saturated rings. The van der Waals surface area contributed by atoms with Crippen LogP contribution in [0.4, 0.5) is 0 Å². The Hall–Kier alpha value is -1.82. The minimum absolute atomic E-state index is 0.107. The lowest BCUT2D eigenvalue weighted by atomic mass is 9.48. The van der Waals surface area contributed by atoms with Crippen molar-refractivity contribution in [1.82, 2.24) is 20.1 Å². The average molecular weight is 397 g/mol. The number of nitrogens with one attached hydrogen (secondary N) is 1. The van der Waals surface area contributed by atoms with Crippen molar-refractivity contribution in [2.24, 2.45) is 23.2 Å². The molecule has 4 saturated carbocycles. The number of aromatic nitrogens is 3. The van der Waals surface area contributed by atoms with Gasteiger partial charge in [-0.25, -0.2) is 0 Å². The van der Waals surface area contributed by atoms with E-state index in [1.165, 1.54) is 50.3 Å². The number of hydrogen-bond acceptors (Lipinski definition) is 4. The van der Waals surface area contributed by atoms with Gasteiger partial charge >= 0.3 is 0 Å². The molecule has 1 aromatic heterocycles. The van der Waals surface area contributed by atoms with Gasteiger partial charge in [0.05, 0.1) is 5.75 Å². The minimum Gasteiger partial charge on any atom is -0.352 e. The third-order valence-electron chi connectivity index (χ3n) is 7.26. The molecule has 0 saturated heterocycles. The number of thioether (sulfide) groups is 1. The predicted molar refractivity (Wildman–Crippen MR) is 110 cm³/mol. The topological polar surface area (TPSA) is 59.8 Å². The summed E-state index contributed by atoms with van der Waals surface area (Å²) < 4.78 is 1.93. The first-order valence-electron chi connectivity index (χ1n) is 10.5. The Morgan fingerprint density at radius 3 is 2.46 bits per heavy atom. The minimum atomic E-state index is 0.107. The number of para-hydroxylation sites is 1. The van der Waals surface area contributed by atoms with Gasteiger partial charge in [0.15, 0.2) is 5.16 Å². The normalized spacial score (nSPS) is 31.7. The molecule has 0 radical (unpaired) electrons. The van der Waals surface area contributed by atoms with E-state index in [2.05, 4.69) is 22.4 Å². The number of carbonyl (C=O) groups is 1. The van der Waals surface area contributed by atoms with Crippen molar-refractivity contribution in [3.63, 3.8) is 0 Å². The summed E-state index contributed by atoms with van der Waals surface area (Å²) in [7, 11) is 0. The summed E-state index contributed by atoms with van der Waals surface area (Å²) in [6.45, 7) is 2.24. The molecule has 28 heavy (non-hydrogen) atoms. The van der Waals surface area contributed by atoms with E-state index in [0.717, 1.165) is 28.6 Å². The summed E-state index contributed by atoms with van der Waals surface area (Å²) in [5.74, 6) is 3.21. The van der Waals surface area contributed by atoms with E-state index in [9.17, 15) is 4.79 Å². The van der Waals surface area contributed by atoms with Gasteiger partial charge in [-0.2, -0.15) is 0 Å². The van der Waals surface area contributed by atoms with Gasteiger partial charge in [0.2, 0.25) is 5.91 Å². The van der Waals surface area contributed by atoms with Crippen molar-refractivity contribution >= 4 is 17.7 Å². The highest BCUT2D eigenvalue weighted by atomic mass is 32.2. The number of rotatable bonds is 6. The molecule has 0 spiro atoms. The van der Waals surface area contributed by atoms with E-state index >= 15 is 0 Å². The molecule has 2 aromatic rings. The first-order valence-corrected chi connectivity index (χ1v) is 11.5. The molecule has 1 N–H and O–H groups in total. The molecule has 4 aliphatic carbocycles. The molecule has 1 amide bonds. The molecule has 6 heteroatoms. The number of benzene rings is 1. The van der Waals surface area contributed by atoms with Crippen molar-refractivity contribution in [3.05, 3.63) is 36.7 Å².